The van der Waals surface area contributed by atoms with E-state index in [2.05, 4.69) is 58.4 Å². The van der Waals surface area contributed by atoms with Crippen molar-refractivity contribution in [3.8, 4) is 34.6 Å². The highest BCUT2D eigenvalue weighted by Crippen LogP contribution is 2.38. The minimum atomic E-state index is 0.930. The fraction of sp³-hybridized carbons (Fsp3) is 0. The highest BCUT2D eigenvalue weighted by Gasteiger charge is 2.13. The molecule has 0 unspecified atom stereocenters. The smallest absolute Gasteiger partial charge is 0.0399 e. The van der Waals surface area contributed by atoms with Crippen molar-refractivity contribution >= 4 is 21.5 Å². The summed E-state index contributed by atoms with van der Waals surface area (Å²) in [4.78, 5) is 8.30. The molecular formula is C26H16N2. The summed E-state index contributed by atoms with van der Waals surface area (Å²) >= 11 is 0. The lowest BCUT2D eigenvalue weighted by Crippen LogP contribution is -1.90. The average Bonchev–Trinajstić information content (AvgIpc) is 2.78. The van der Waals surface area contributed by atoms with Crippen LogP contribution < -0.4 is 0 Å². The van der Waals surface area contributed by atoms with Crippen LogP contribution in [0.3, 0.4) is 0 Å². The number of pyridine rings is 2. The monoisotopic (exact) mass is 356 g/mol. The summed E-state index contributed by atoms with van der Waals surface area (Å²) in [5.74, 6) is 2.95. The van der Waals surface area contributed by atoms with E-state index >= 15 is 0 Å². The van der Waals surface area contributed by atoms with E-state index in [0.717, 1.165) is 49.4 Å². The van der Waals surface area contributed by atoms with E-state index in [-0.39, 0.29) is 0 Å². The molecule has 0 aliphatic rings. The van der Waals surface area contributed by atoms with Gasteiger partial charge < -0.3 is 0 Å². The first-order valence-corrected chi connectivity index (χ1v) is 9.12. The summed E-state index contributed by atoms with van der Waals surface area (Å²) < 4.78 is 0. The summed E-state index contributed by atoms with van der Waals surface area (Å²) in [6.45, 7) is 0. The van der Waals surface area contributed by atoms with Gasteiger partial charge in [-0.3, -0.25) is 9.97 Å². The van der Waals surface area contributed by atoms with Crippen LogP contribution >= 0.6 is 0 Å². The molecule has 0 N–H and O–H groups in total. The van der Waals surface area contributed by atoms with Crippen molar-refractivity contribution in [2.24, 2.45) is 0 Å². The molecule has 0 atom stereocenters. The Labute approximate surface area is 163 Å². The molecule has 130 valence electrons. The van der Waals surface area contributed by atoms with Crippen molar-refractivity contribution in [3.05, 3.63) is 97.1 Å². The van der Waals surface area contributed by atoms with Gasteiger partial charge in [-0.25, -0.2) is 0 Å². The molecule has 2 heteroatoms. The zero-order valence-electron chi connectivity index (χ0n) is 15.1. The van der Waals surface area contributed by atoms with Gasteiger partial charge in [0.05, 0.1) is 0 Å². The molecule has 5 rings (SSSR count). The first-order valence-electron chi connectivity index (χ1n) is 9.12. The normalized spacial score (nSPS) is 10.8. The van der Waals surface area contributed by atoms with Gasteiger partial charge >= 0.3 is 0 Å². The van der Waals surface area contributed by atoms with Gasteiger partial charge in [0.1, 0.15) is 0 Å². The number of aromatic nitrogens is 2. The van der Waals surface area contributed by atoms with E-state index in [1.807, 2.05) is 49.1 Å². The fourth-order valence-corrected chi connectivity index (χ4v) is 3.89. The zero-order chi connectivity index (χ0) is 18.9. The van der Waals surface area contributed by atoms with E-state index in [9.17, 15) is 0 Å². The molecule has 0 radical (unpaired) electrons. The lowest BCUT2D eigenvalue weighted by atomic mass is 9.89. The van der Waals surface area contributed by atoms with Crippen LogP contribution in [-0.4, -0.2) is 9.97 Å². The number of fused-ring (bicyclic) bond motifs is 2. The van der Waals surface area contributed by atoms with Crippen LogP contribution in [0.2, 0.25) is 0 Å². The van der Waals surface area contributed by atoms with Crippen LogP contribution in [0.1, 0.15) is 5.56 Å². The summed E-state index contributed by atoms with van der Waals surface area (Å²) in [7, 11) is 0. The van der Waals surface area contributed by atoms with E-state index < -0.39 is 0 Å². The van der Waals surface area contributed by atoms with E-state index in [4.69, 9.17) is 6.42 Å². The molecule has 0 saturated carbocycles. The van der Waals surface area contributed by atoms with Gasteiger partial charge in [-0.05, 0) is 74.1 Å². The van der Waals surface area contributed by atoms with Crippen molar-refractivity contribution in [2.75, 3.05) is 0 Å². The Morgan fingerprint density at radius 3 is 1.46 bits per heavy atom. The molecule has 2 aromatic heterocycles. The predicted molar refractivity (Wildman–Crippen MR) is 116 cm³/mol. The summed E-state index contributed by atoms with van der Waals surface area (Å²) in [5, 5.41) is 4.48. The average molecular weight is 356 g/mol. The summed E-state index contributed by atoms with van der Waals surface area (Å²) in [5.41, 5.74) is 5.50. The molecule has 0 amide bonds. The maximum atomic E-state index is 5.99. The molecule has 2 heterocycles. The Hall–Kier alpha value is -3.96. The molecule has 0 saturated heterocycles. The lowest BCUT2D eigenvalue weighted by Gasteiger charge is -2.14. The molecular weight excluding hydrogens is 340 g/mol. The minimum absolute atomic E-state index is 0.930. The third-order valence-corrected chi connectivity index (χ3v) is 5.17. The standard InChI is InChI=1S/C26H16N2/c1-2-20-23-7-3-5-21(18-9-13-27-14-10-18)25(23)17-26-22(6-4-8-24(20)26)19-11-15-28-16-12-19/h1,3-17H. The van der Waals surface area contributed by atoms with Crippen molar-refractivity contribution < 1.29 is 0 Å². The fourth-order valence-electron chi connectivity index (χ4n) is 3.89. The number of hydrogen-bond donors (Lipinski definition) is 0. The Kier molecular flexibility index (Phi) is 3.85. The maximum absolute atomic E-state index is 5.99. The second-order valence-electron chi connectivity index (χ2n) is 6.67. The third-order valence-electron chi connectivity index (χ3n) is 5.17. The Bertz CT molecular complexity index is 1250. The Morgan fingerprint density at radius 2 is 1.04 bits per heavy atom. The second-order valence-corrected chi connectivity index (χ2v) is 6.67. The SMILES string of the molecule is C#Cc1c2cccc(-c3ccncc3)c2cc2c(-c3ccncc3)cccc12. The van der Waals surface area contributed by atoms with Gasteiger partial charge in [0, 0.05) is 30.4 Å². The number of benzene rings is 3. The molecule has 28 heavy (non-hydrogen) atoms. The topological polar surface area (TPSA) is 25.8 Å². The third kappa shape index (κ3) is 2.53. The largest absolute Gasteiger partial charge is 0.265 e. The maximum Gasteiger partial charge on any atom is 0.0399 e. The van der Waals surface area contributed by atoms with Gasteiger partial charge in [0.25, 0.3) is 0 Å². The van der Waals surface area contributed by atoms with Crippen LogP contribution in [0.25, 0.3) is 43.8 Å². The number of rotatable bonds is 2. The lowest BCUT2D eigenvalue weighted by molar-refractivity contribution is 1.33. The Balaban J connectivity index is 1.93. The van der Waals surface area contributed by atoms with Crippen LogP contribution in [-0.2, 0) is 0 Å². The van der Waals surface area contributed by atoms with Crippen LogP contribution in [0.5, 0.6) is 0 Å². The first kappa shape index (κ1) is 16.2. The Morgan fingerprint density at radius 1 is 0.571 bits per heavy atom. The first-order chi connectivity index (χ1) is 13.9. The van der Waals surface area contributed by atoms with Gasteiger partial charge in [0.2, 0.25) is 0 Å². The highest BCUT2D eigenvalue weighted by molar-refractivity contribution is 6.13. The highest BCUT2D eigenvalue weighted by atomic mass is 14.6. The quantitative estimate of drug-likeness (QED) is 0.282. The van der Waals surface area contributed by atoms with Crippen molar-refractivity contribution in [1.82, 2.24) is 9.97 Å². The molecule has 0 fully saturated rings. The minimum Gasteiger partial charge on any atom is -0.265 e. The molecule has 5 aromatic rings. The zero-order valence-corrected chi connectivity index (χ0v) is 15.1. The van der Waals surface area contributed by atoms with E-state index in [1.54, 1.807) is 0 Å². The predicted octanol–water partition coefficient (Wildman–Crippen LogP) is 6.10. The van der Waals surface area contributed by atoms with Crippen LogP contribution in [0, 0.1) is 12.3 Å². The summed E-state index contributed by atoms with van der Waals surface area (Å²) in [6.07, 6.45) is 13.3. The molecule has 3 aromatic carbocycles. The van der Waals surface area contributed by atoms with Crippen LogP contribution in [0.4, 0.5) is 0 Å². The van der Waals surface area contributed by atoms with Gasteiger partial charge in [-0.1, -0.05) is 42.3 Å². The molecule has 0 aliphatic carbocycles. The number of hydrogen-bond acceptors (Lipinski definition) is 2. The van der Waals surface area contributed by atoms with Gasteiger partial charge in [-0.15, -0.1) is 6.42 Å². The number of terminal acetylenes is 1. The van der Waals surface area contributed by atoms with Gasteiger partial charge in [0.15, 0.2) is 0 Å². The van der Waals surface area contributed by atoms with Crippen molar-refractivity contribution in [1.29, 1.82) is 0 Å². The number of nitrogens with zero attached hydrogens (tertiary/aromatic N) is 2. The molecule has 0 spiro atoms. The van der Waals surface area contributed by atoms with E-state index in [0.29, 0.717) is 0 Å². The van der Waals surface area contributed by atoms with Crippen LogP contribution in [0.15, 0.2) is 91.5 Å². The van der Waals surface area contributed by atoms with Crippen molar-refractivity contribution in [3.63, 3.8) is 0 Å². The second kappa shape index (κ2) is 6.64. The molecule has 2 nitrogen and oxygen atoms in total. The van der Waals surface area contributed by atoms with Gasteiger partial charge in [-0.2, -0.15) is 0 Å². The summed E-state index contributed by atoms with van der Waals surface area (Å²) in [6, 6.07) is 23.0. The molecule has 0 bridgehead atoms. The van der Waals surface area contributed by atoms with Crippen molar-refractivity contribution in [2.45, 2.75) is 0 Å². The molecule has 0 aliphatic heterocycles. The van der Waals surface area contributed by atoms with E-state index in [1.165, 1.54) is 0 Å².